The summed E-state index contributed by atoms with van der Waals surface area (Å²) in [4.78, 5) is 11.9. The van der Waals surface area contributed by atoms with Crippen LogP contribution in [0.5, 0.6) is 0 Å². The lowest BCUT2D eigenvalue weighted by molar-refractivity contribution is -0.384. The highest BCUT2D eigenvalue weighted by molar-refractivity contribution is 14.1. The van der Waals surface area contributed by atoms with Crippen LogP contribution in [-0.2, 0) is 0 Å². The Morgan fingerprint density at radius 3 is 2.29 bits per heavy atom. The maximum Gasteiger partial charge on any atom is 0.270 e. The number of benzene rings is 1. The number of aliphatic hydroxyl groups is 2. The number of aliphatic hydroxyl groups excluding tert-OH is 2. The lowest BCUT2D eigenvalue weighted by atomic mass is 10.2. The molecule has 94 valence electrons. The number of rotatable bonds is 6. The first-order chi connectivity index (χ1) is 8.10. The average molecular weight is 352 g/mol. The van der Waals surface area contributed by atoms with E-state index in [0.29, 0.717) is 13.1 Å². The summed E-state index contributed by atoms with van der Waals surface area (Å²) in [6, 6.07) is 4.52. The number of anilines is 1. The fourth-order valence-electron chi connectivity index (χ4n) is 1.46. The van der Waals surface area contributed by atoms with Crippen molar-refractivity contribution in [1.82, 2.24) is 0 Å². The van der Waals surface area contributed by atoms with Crippen molar-refractivity contribution in [3.05, 3.63) is 31.9 Å². The maximum atomic E-state index is 10.6. The molecule has 7 heteroatoms. The fraction of sp³-hybridized carbons (Fsp3) is 0.400. The third-order valence-corrected chi connectivity index (χ3v) is 3.09. The second kappa shape index (κ2) is 6.72. The van der Waals surface area contributed by atoms with Crippen LogP contribution in [0.25, 0.3) is 0 Å². The van der Waals surface area contributed by atoms with E-state index in [0.717, 1.165) is 9.26 Å². The van der Waals surface area contributed by atoms with E-state index >= 15 is 0 Å². The fourth-order valence-corrected chi connectivity index (χ4v) is 2.30. The van der Waals surface area contributed by atoms with Crippen LogP contribution in [0.2, 0.25) is 0 Å². The molecular weight excluding hydrogens is 339 g/mol. The van der Waals surface area contributed by atoms with E-state index in [1.54, 1.807) is 11.0 Å². The van der Waals surface area contributed by atoms with E-state index in [2.05, 4.69) is 0 Å². The Balaban J connectivity index is 2.99. The zero-order valence-electron chi connectivity index (χ0n) is 9.04. The highest BCUT2D eigenvalue weighted by Crippen LogP contribution is 2.26. The van der Waals surface area contributed by atoms with Gasteiger partial charge in [-0.3, -0.25) is 10.1 Å². The number of nitro groups is 1. The lowest BCUT2D eigenvalue weighted by Crippen LogP contribution is -2.30. The van der Waals surface area contributed by atoms with Crippen molar-refractivity contribution in [3.63, 3.8) is 0 Å². The van der Waals surface area contributed by atoms with Gasteiger partial charge in [-0.1, -0.05) is 0 Å². The van der Waals surface area contributed by atoms with Crippen LogP contribution in [0.1, 0.15) is 0 Å². The second-order valence-corrected chi connectivity index (χ2v) is 4.49. The van der Waals surface area contributed by atoms with Gasteiger partial charge in [0.2, 0.25) is 0 Å². The number of nitrogens with zero attached hydrogens (tertiary/aromatic N) is 2. The van der Waals surface area contributed by atoms with Crippen molar-refractivity contribution in [2.24, 2.45) is 0 Å². The van der Waals surface area contributed by atoms with Gasteiger partial charge in [0.15, 0.2) is 0 Å². The quantitative estimate of drug-likeness (QED) is 0.453. The zero-order chi connectivity index (χ0) is 12.8. The highest BCUT2D eigenvalue weighted by Gasteiger charge is 2.13. The summed E-state index contributed by atoms with van der Waals surface area (Å²) in [5.41, 5.74) is 0.811. The van der Waals surface area contributed by atoms with Crippen molar-refractivity contribution < 1.29 is 15.1 Å². The van der Waals surface area contributed by atoms with E-state index in [9.17, 15) is 10.1 Å². The van der Waals surface area contributed by atoms with E-state index in [1.807, 2.05) is 22.6 Å². The molecule has 0 spiro atoms. The molecule has 1 aromatic rings. The van der Waals surface area contributed by atoms with Gasteiger partial charge in [-0.2, -0.15) is 0 Å². The van der Waals surface area contributed by atoms with Crippen molar-refractivity contribution in [3.8, 4) is 0 Å². The average Bonchev–Trinajstić information content (AvgIpc) is 2.28. The van der Waals surface area contributed by atoms with Gasteiger partial charge in [0, 0.05) is 28.8 Å². The molecule has 17 heavy (non-hydrogen) atoms. The standard InChI is InChI=1S/C10H13IN2O4/c11-9-7-8(13(16)17)1-2-10(9)12(3-5-14)4-6-15/h1-2,7,14-15H,3-6H2. The Hall–Kier alpha value is -0.930. The Bertz CT molecular complexity index is 394. The Kier molecular flexibility index (Phi) is 5.59. The smallest absolute Gasteiger partial charge is 0.270 e. The first-order valence-corrected chi connectivity index (χ1v) is 6.08. The van der Waals surface area contributed by atoms with Crippen molar-refractivity contribution in [2.45, 2.75) is 0 Å². The van der Waals surface area contributed by atoms with Gasteiger partial charge in [0.05, 0.1) is 23.8 Å². The van der Waals surface area contributed by atoms with Crippen molar-refractivity contribution >= 4 is 34.0 Å². The number of hydrogen-bond acceptors (Lipinski definition) is 5. The van der Waals surface area contributed by atoms with Crippen LogP contribution in [-0.4, -0.2) is 41.4 Å². The molecule has 0 saturated carbocycles. The molecule has 0 aliphatic rings. The van der Waals surface area contributed by atoms with E-state index < -0.39 is 4.92 Å². The van der Waals surface area contributed by atoms with Crippen LogP contribution >= 0.6 is 22.6 Å². The number of halogens is 1. The predicted octanol–water partition coefficient (Wildman–Crippen LogP) is 0.990. The third-order valence-electron chi connectivity index (χ3n) is 2.22. The molecule has 6 nitrogen and oxygen atoms in total. The van der Waals surface area contributed by atoms with Crippen LogP contribution in [0.4, 0.5) is 11.4 Å². The topological polar surface area (TPSA) is 86.8 Å². The predicted molar refractivity (Wildman–Crippen MR) is 72.2 cm³/mol. The molecule has 1 aromatic carbocycles. The van der Waals surface area contributed by atoms with Crippen LogP contribution in [0, 0.1) is 13.7 Å². The molecule has 1 rings (SSSR count). The molecule has 0 saturated heterocycles. The number of non-ortho nitro benzene ring substituents is 1. The molecule has 0 radical (unpaired) electrons. The summed E-state index contributed by atoms with van der Waals surface area (Å²) in [5.74, 6) is 0. The summed E-state index contributed by atoms with van der Waals surface area (Å²) in [6.45, 7) is 0.697. The summed E-state index contributed by atoms with van der Waals surface area (Å²) < 4.78 is 0.721. The normalized spacial score (nSPS) is 10.3. The highest BCUT2D eigenvalue weighted by atomic mass is 127. The zero-order valence-corrected chi connectivity index (χ0v) is 11.2. The van der Waals surface area contributed by atoms with Gasteiger partial charge in [-0.15, -0.1) is 0 Å². The van der Waals surface area contributed by atoms with E-state index in [-0.39, 0.29) is 18.9 Å². The molecule has 0 fully saturated rings. The Labute approximate surface area is 112 Å². The van der Waals surface area contributed by atoms with Gasteiger partial charge in [-0.25, -0.2) is 0 Å². The second-order valence-electron chi connectivity index (χ2n) is 3.33. The first-order valence-electron chi connectivity index (χ1n) is 5.00. The molecule has 0 aromatic heterocycles. The van der Waals surface area contributed by atoms with Gasteiger partial charge < -0.3 is 15.1 Å². The maximum absolute atomic E-state index is 10.6. The van der Waals surface area contributed by atoms with Gasteiger partial charge >= 0.3 is 0 Å². The molecule has 0 aliphatic carbocycles. The van der Waals surface area contributed by atoms with Crippen LogP contribution in [0.3, 0.4) is 0 Å². The van der Waals surface area contributed by atoms with Crippen LogP contribution in [0.15, 0.2) is 18.2 Å². The molecule has 0 unspecified atom stereocenters. The van der Waals surface area contributed by atoms with E-state index in [1.165, 1.54) is 12.1 Å². The van der Waals surface area contributed by atoms with Gasteiger partial charge in [0.1, 0.15) is 0 Å². The Morgan fingerprint density at radius 1 is 1.29 bits per heavy atom. The summed E-state index contributed by atoms with van der Waals surface area (Å²) in [5, 5.41) is 28.4. The molecule has 0 atom stereocenters. The van der Waals surface area contributed by atoms with Gasteiger partial charge in [-0.05, 0) is 28.7 Å². The lowest BCUT2D eigenvalue weighted by Gasteiger charge is -2.23. The first kappa shape index (κ1) is 14.1. The molecule has 0 amide bonds. The van der Waals surface area contributed by atoms with Gasteiger partial charge in [0.25, 0.3) is 5.69 Å². The number of nitro benzene ring substituents is 1. The van der Waals surface area contributed by atoms with Crippen molar-refractivity contribution in [1.29, 1.82) is 0 Å². The van der Waals surface area contributed by atoms with Crippen molar-refractivity contribution in [2.75, 3.05) is 31.2 Å². The minimum Gasteiger partial charge on any atom is -0.395 e. The minimum absolute atomic E-state index is 0.0334. The monoisotopic (exact) mass is 352 g/mol. The summed E-state index contributed by atoms with van der Waals surface area (Å²) in [6.07, 6.45) is 0. The Morgan fingerprint density at radius 2 is 1.88 bits per heavy atom. The summed E-state index contributed by atoms with van der Waals surface area (Å²) >= 11 is 2.00. The van der Waals surface area contributed by atoms with E-state index in [4.69, 9.17) is 10.2 Å². The summed E-state index contributed by atoms with van der Waals surface area (Å²) in [7, 11) is 0. The molecule has 0 aliphatic heterocycles. The van der Waals surface area contributed by atoms with Crippen LogP contribution < -0.4 is 4.90 Å². The molecule has 0 bridgehead atoms. The SMILES string of the molecule is O=[N+]([O-])c1ccc(N(CCO)CCO)c(I)c1. The molecular formula is C10H13IN2O4. The minimum atomic E-state index is -0.450. The third kappa shape index (κ3) is 3.79. The number of hydrogen-bond donors (Lipinski definition) is 2. The molecule has 0 heterocycles. The largest absolute Gasteiger partial charge is 0.395 e. The molecule has 2 N–H and O–H groups in total.